The molecule has 12 heteroatoms. The van der Waals surface area contributed by atoms with Gasteiger partial charge < -0.3 is 21.1 Å². The molecule has 38 heavy (non-hydrogen) atoms. The van der Waals surface area contributed by atoms with Crippen LogP contribution in [0.15, 0.2) is 30.5 Å². The Morgan fingerprint density at radius 1 is 1.18 bits per heavy atom. The van der Waals surface area contributed by atoms with Crippen LogP contribution in [0.2, 0.25) is 0 Å². The number of nitrogens with zero attached hydrogens (tertiary/aromatic N) is 3. The molecule has 0 radical (unpaired) electrons. The second-order valence-electron chi connectivity index (χ2n) is 9.46. The molecule has 2 atom stereocenters. The van der Waals surface area contributed by atoms with Crippen LogP contribution in [0.1, 0.15) is 52.7 Å². The normalized spacial score (nSPS) is 18.8. The Labute approximate surface area is 220 Å². The Kier molecular flexibility index (Phi) is 7.37. The molecule has 2 aliphatic rings. The van der Waals surface area contributed by atoms with Crippen LogP contribution in [-0.4, -0.2) is 40.1 Å². The van der Waals surface area contributed by atoms with Crippen molar-refractivity contribution in [1.82, 2.24) is 9.97 Å². The van der Waals surface area contributed by atoms with Gasteiger partial charge in [-0.3, -0.25) is 9.78 Å². The number of hydrogen-bond donors (Lipinski definition) is 3. The maximum atomic E-state index is 14.7. The average Bonchev–Trinajstić information content (AvgIpc) is 3.25. The van der Waals surface area contributed by atoms with Gasteiger partial charge in [-0.2, -0.15) is 0 Å². The summed E-state index contributed by atoms with van der Waals surface area (Å²) in [4.78, 5) is 23.6. The Hall–Kier alpha value is -3.48. The van der Waals surface area contributed by atoms with Crippen molar-refractivity contribution in [2.45, 2.75) is 43.6 Å². The van der Waals surface area contributed by atoms with Gasteiger partial charge in [0.05, 0.1) is 34.9 Å². The van der Waals surface area contributed by atoms with E-state index in [2.05, 4.69) is 20.2 Å². The number of anilines is 2. The maximum absolute atomic E-state index is 14.7. The van der Waals surface area contributed by atoms with Crippen LogP contribution in [0, 0.1) is 17.5 Å². The van der Waals surface area contributed by atoms with Gasteiger partial charge in [0.15, 0.2) is 0 Å². The van der Waals surface area contributed by atoms with E-state index in [1.807, 2.05) is 0 Å². The number of carbonyl (C=O) groups is 1. The molecule has 0 spiro atoms. The molecular weight excluding hydrogens is 519 g/mol. The second-order valence-corrected chi connectivity index (χ2v) is 9.99. The number of hydrogen-bond acceptors (Lipinski definition) is 7. The summed E-state index contributed by atoms with van der Waals surface area (Å²) in [6.07, 6.45) is 3.58. The SMILES string of the molecule is N[C@H]1CCCN(c2c(NC(=O)c3ccc(F)c(-c4c(F)cc(C[S+]=O)cc4F)n3)cnc3c2CC[C@@H]3O)C1. The number of aromatic nitrogens is 2. The van der Waals surface area contributed by atoms with E-state index in [-0.39, 0.29) is 34.7 Å². The minimum Gasteiger partial charge on any atom is -0.387 e. The van der Waals surface area contributed by atoms with Crippen LogP contribution < -0.4 is 16.0 Å². The van der Waals surface area contributed by atoms with Crippen LogP contribution >= 0.6 is 0 Å². The zero-order valence-electron chi connectivity index (χ0n) is 20.2. The third-order valence-electron chi connectivity index (χ3n) is 6.83. The largest absolute Gasteiger partial charge is 0.463 e. The third kappa shape index (κ3) is 4.98. The zero-order chi connectivity index (χ0) is 27.0. The van der Waals surface area contributed by atoms with E-state index in [4.69, 9.17) is 5.73 Å². The molecule has 4 N–H and O–H groups in total. The second kappa shape index (κ2) is 10.7. The highest BCUT2D eigenvalue weighted by Crippen LogP contribution is 2.41. The van der Waals surface area contributed by atoms with Crippen molar-refractivity contribution in [2.24, 2.45) is 5.73 Å². The summed E-state index contributed by atoms with van der Waals surface area (Å²) >= 11 is 0.148. The Morgan fingerprint density at radius 2 is 1.95 bits per heavy atom. The van der Waals surface area contributed by atoms with Crippen molar-refractivity contribution in [3.8, 4) is 11.3 Å². The summed E-state index contributed by atoms with van der Waals surface area (Å²) in [6.45, 7) is 1.27. The number of aliphatic hydroxyl groups excluding tert-OH is 1. The number of amides is 1. The molecule has 8 nitrogen and oxygen atoms in total. The van der Waals surface area contributed by atoms with E-state index in [1.54, 1.807) is 0 Å². The molecule has 1 saturated heterocycles. The first-order valence-electron chi connectivity index (χ1n) is 12.2. The molecule has 3 heterocycles. The van der Waals surface area contributed by atoms with Crippen molar-refractivity contribution in [3.05, 3.63) is 70.4 Å². The van der Waals surface area contributed by atoms with Crippen molar-refractivity contribution in [3.63, 3.8) is 0 Å². The molecule has 0 bridgehead atoms. The molecule has 0 unspecified atom stereocenters. The third-order valence-corrected chi connectivity index (χ3v) is 7.28. The molecule has 3 aromatic rings. The van der Waals surface area contributed by atoms with E-state index >= 15 is 0 Å². The topological polar surface area (TPSA) is 121 Å². The summed E-state index contributed by atoms with van der Waals surface area (Å²) in [5.74, 6) is -4.09. The summed E-state index contributed by atoms with van der Waals surface area (Å²) in [5, 5.41) is 13.1. The number of fused-ring (bicyclic) bond motifs is 1. The maximum Gasteiger partial charge on any atom is 0.463 e. The summed E-state index contributed by atoms with van der Waals surface area (Å²) in [5.41, 5.74) is 7.14. The van der Waals surface area contributed by atoms with Gasteiger partial charge in [0.2, 0.25) is 0 Å². The van der Waals surface area contributed by atoms with Gasteiger partial charge in [0.1, 0.15) is 28.8 Å². The molecule has 198 valence electrons. The highest BCUT2D eigenvalue weighted by Gasteiger charge is 2.31. The number of piperidine rings is 1. The van der Waals surface area contributed by atoms with Crippen molar-refractivity contribution in [2.75, 3.05) is 23.3 Å². The average molecular weight is 545 g/mol. The molecule has 1 aromatic carbocycles. The fourth-order valence-electron chi connectivity index (χ4n) is 5.11. The lowest BCUT2D eigenvalue weighted by Crippen LogP contribution is -2.43. The van der Waals surface area contributed by atoms with Gasteiger partial charge in [0.25, 0.3) is 11.7 Å². The van der Waals surface area contributed by atoms with Crippen molar-refractivity contribution < 1.29 is 27.3 Å². The molecule has 1 aliphatic heterocycles. The first kappa shape index (κ1) is 26.1. The lowest BCUT2D eigenvalue weighted by atomic mass is 10.0. The van der Waals surface area contributed by atoms with Crippen LogP contribution in [0.5, 0.6) is 0 Å². The predicted octanol–water partition coefficient (Wildman–Crippen LogP) is 3.65. The van der Waals surface area contributed by atoms with Crippen molar-refractivity contribution in [1.29, 1.82) is 0 Å². The van der Waals surface area contributed by atoms with Gasteiger partial charge in [0, 0.05) is 34.5 Å². The van der Waals surface area contributed by atoms with Crippen molar-refractivity contribution >= 4 is 28.9 Å². The highest BCUT2D eigenvalue weighted by atomic mass is 32.1. The number of aliphatic hydroxyl groups is 1. The van der Waals surface area contributed by atoms with E-state index in [0.29, 0.717) is 37.3 Å². The highest BCUT2D eigenvalue weighted by molar-refractivity contribution is 7.64. The fraction of sp³-hybridized carbons (Fsp3) is 0.346. The number of carbonyl (C=O) groups excluding carboxylic acids is 1. The lowest BCUT2D eigenvalue weighted by molar-refractivity contribution is 0.102. The number of nitrogens with one attached hydrogen (secondary N) is 1. The Bertz CT molecular complexity index is 1400. The number of nitrogens with two attached hydrogens (primary N) is 1. The molecule has 1 aliphatic carbocycles. The number of benzene rings is 1. The van der Waals surface area contributed by atoms with Crippen LogP contribution in [-0.2, 0) is 28.0 Å². The minimum absolute atomic E-state index is 0.0489. The van der Waals surface area contributed by atoms with Gasteiger partial charge >= 0.3 is 11.7 Å². The Morgan fingerprint density at radius 3 is 2.66 bits per heavy atom. The van der Waals surface area contributed by atoms with E-state index < -0.39 is 40.7 Å². The van der Waals surface area contributed by atoms with E-state index in [0.717, 1.165) is 48.4 Å². The quantitative estimate of drug-likeness (QED) is 0.405. The zero-order valence-corrected chi connectivity index (χ0v) is 21.0. The molecule has 0 saturated carbocycles. The predicted molar refractivity (Wildman–Crippen MR) is 136 cm³/mol. The van der Waals surface area contributed by atoms with Crippen LogP contribution in [0.4, 0.5) is 24.5 Å². The molecular formula is C26H25F3N5O3S+. The first-order valence-corrected chi connectivity index (χ1v) is 13.1. The first-order chi connectivity index (χ1) is 18.3. The summed E-state index contributed by atoms with van der Waals surface area (Å²) in [6, 6.07) is 3.87. The number of halogens is 3. The monoisotopic (exact) mass is 544 g/mol. The van der Waals surface area contributed by atoms with Crippen LogP contribution in [0.25, 0.3) is 11.3 Å². The molecule has 1 fully saturated rings. The molecule has 2 aromatic heterocycles. The molecule has 5 rings (SSSR count). The van der Waals surface area contributed by atoms with Gasteiger partial charge in [-0.15, -0.1) is 0 Å². The van der Waals surface area contributed by atoms with Gasteiger partial charge in [-0.1, -0.05) is 0 Å². The Balaban J connectivity index is 1.50. The molecule has 1 amide bonds. The summed E-state index contributed by atoms with van der Waals surface area (Å²) < 4.78 is 54.9. The summed E-state index contributed by atoms with van der Waals surface area (Å²) in [7, 11) is 0. The van der Waals surface area contributed by atoms with Gasteiger partial charge in [-0.25, -0.2) is 18.2 Å². The van der Waals surface area contributed by atoms with E-state index in [1.165, 1.54) is 6.20 Å². The van der Waals surface area contributed by atoms with Gasteiger partial charge in [-0.05, 0) is 49.9 Å². The van der Waals surface area contributed by atoms with Crippen LogP contribution in [0.3, 0.4) is 0 Å². The smallest absolute Gasteiger partial charge is 0.387 e. The number of pyridine rings is 2. The van der Waals surface area contributed by atoms with E-state index in [9.17, 15) is 27.3 Å². The fourth-order valence-corrected chi connectivity index (χ4v) is 5.41. The lowest BCUT2D eigenvalue weighted by Gasteiger charge is -2.35. The minimum atomic E-state index is -1.09. The number of rotatable bonds is 6. The standard InChI is InChI=1S/C26H24F3N5O3S/c27-16-4-5-19(32-24(16)22-17(28)8-13(12-38-37)9-18(22)29)26(36)33-20-10-31-23-15(3-6-21(23)35)25(20)34-7-1-2-14(30)11-34/h4-5,8-10,14,21,35H,1-3,6-7,11-12,30H2/p+1/t14-,21-/m0/s1.